The molecule has 1 atom stereocenters. The van der Waals surface area contributed by atoms with Crippen molar-refractivity contribution in [3.05, 3.63) is 0 Å². The van der Waals surface area contributed by atoms with Crippen LogP contribution < -0.4 is 5.32 Å². The van der Waals surface area contributed by atoms with Crippen molar-refractivity contribution in [2.24, 2.45) is 0 Å². The van der Waals surface area contributed by atoms with Crippen LogP contribution >= 0.6 is 0 Å². The van der Waals surface area contributed by atoms with Gasteiger partial charge in [0.1, 0.15) is 6.04 Å². The summed E-state index contributed by atoms with van der Waals surface area (Å²) >= 11 is 0. The van der Waals surface area contributed by atoms with Crippen LogP contribution in [-0.4, -0.2) is 25.0 Å². The molecule has 1 amide bonds. The first-order valence-electron chi connectivity index (χ1n) is 4.52. The zero-order chi connectivity index (χ0) is 10.3. The van der Waals surface area contributed by atoms with E-state index in [2.05, 4.69) is 10.1 Å². The number of carbonyl (C=O) groups is 2. The molecular weight excluding hydrogens is 170 g/mol. The Kier molecular flexibility index (Phi) is 5.93. The second-order valence-electron chi connectivity index (χ2n) is 2.80. The largest absolute Gasteiger partial charge is 0.467 e. The molecule has 0 unspecified atom stereocenters. The van der Waals surface area contributed by atoms with E-state index >= 15 is 0 Å². The number of rotatable bonds is 5. The lowest BCUT2D eigenvalue weighted by molar-refractivity contribution is -0.145. The number of hydrogen-bond acceptors (Lipinski definition) is 3. The molecule has 0 bridgehead atoms. The quantitative estimate of drug-likeness (QED) is 0.649. The highest BCUT2D eigenvalue weighted by Gasteiger charge is 2.18. The van der Waals surface area contributed by atoms with Crippen LogP contribution in [0.2, 0.25) is 0 Å². The highest BCUT2D eigenvalue weighted by molar-refractivity contribution is 5.84. The van der Waals surface area contributed by atoms with Crippen LogP contribution in [0.1, 0.15) is 33.1 Å². The SMILES string of the molecule is CCCC(=O)N[C@H](CC)C(=O)OC. The van der Waals surface area contributed by atoms with E-state index in [0.717, 1.165) is 6.42 Å². The summed E-state index contributed by atoms with van der Waals surface area (Å²) in [4.78, 5) is 22.2. The van der Waals surface area contributed by atoms with Crippen molar-refractivity contribution < 1.29 is 14.3 Å². The number of carbonyl (C=O) groups excluding carboxylic acids is 2. The van der Waals surface area contributed by atoms with E-state index in [9.17, 15) is 9.59 Å². The van der Waals surface area contributed by atoms with Gasteiger partial charge in [-0.2, -0.15) is 0 Å². The van der Waals surface area contributed by atoms with Crippen molar-refractivity contribution >= 4 is 11.9 Å². The fourth-order valence-corrected chi connectivity index (χ4v) is 0.963. The van der Waals surface area contributed by atoms with Gasteiger partial charge in [0, 0.05) is 6.42 Å². The van der Waals surface area contributed by atoms with E-state index in [1.54, 1.807) is 0 Å². The van der Waals surface area contributed by atoms with E-state index < -0.39 is 6.04 Å². The number of ether oxygens (including phenoxy) is 1. The van der Waals surface area contributed by atoms with Gasteiger partial charge in [0.15, 0.2) is 0 Å². The fraction of sp³-hybridized carbons (Fsp3) is 0.778. The van der Waals surface area contributed by atoms with Gasteiger partial charge in [-0.25, -0.2) is 4.79 Å². The van der Waals surface area contributed by atoms with Crippen molar-refractivity contribution in [3.63, 3.8) is 0 Å². The third-order valence-electron chi connectivity index (χ3n) is 1.71. The van der Waals surface area contributed by atoms with E-state index in [-0.39, 0.29) is 11.9 Å². The van der Waals surface area contributed by atoms with Crippen LogP contribution in [0.5, 0.6) is 0 Å². The summed E-state index contributed by atoms with van der Waals surface area (Å²) < 4.78 is 4.53. The Morgan fingerprint density at radius 1 is 1.38 bits per heavy atom. The summed E-state index contributed by atoms with van der Waals surface area (Å²) in [5, 5.41) is 2.60. The molecule has 0 rings (SSSR count). The average Bonchev–Trinajstić information content (AvgIpc) is 2.13. The standard InChI is InChI=1S/C9H17NO3/c1-4-6-8(11)10-7(5-2)9(12)13-3/h7H,4-6H2,1-3H3,(H,10,11)/t7-/m1/s1. The Hall–Kier alpha value is -1.06. The summed E-state index contributed by atoms with van der Waals surface area (Å²) in [5.74, 6) is -0.480. The molecule has 0 aliphatic heterocycles. The topological polar surface area (TPSA) is 55.4 Å². The molecule has 0 spiro atoms. The highest BCUT2D eigenvalue weighted by Crippen LogP contribution is 1.96. The van der Waals surface area contributed by atoms with Crippen LogP contribution in [-0.2, 0) is 14.3 Å². The summed E-state index contributed by atoms with van der Waals surface area (Å²) in [5.41, 5.74) is 0. The molecule has 0 heterocycles. The molecule has 0 aliphatic rings. The molecule has 0 saturated heterocycles. The number of esters is 1. The van der Waals surface area contributed by atoms with Gasteiger partial charge < -0.3 is 10.1 Å². The molecule has 13 heavy (non-hydrogen) atoms. The number of hydrogen-bond donors (Lipinski definition) is 1. The molecule has 0 aliphatic carbocycles. The van der Waals surface area contributed by atoms with Crippen LogP contribution in [0, 0.1) is 0 Å². The van der Waals surface area contributed by atoms with Gasteiger partial charge >= 0.3 is 5.97 Å². The maximum absolute atomic E-state index is 11.1. The molecule has 0 aromatic heterocycles. The molecular formula is C9H17NO3. The van der Waals surface area contributed by atoms with Crippen LogP contribution in [0.15, 0.2) is 0 Å². The molecule has 4 nitrogen and oxygen atoms in total. The first-order valence-corrected chi connectivity index (χ1v) is 4.52. The molecule has 0 saturated carbocycles. The molecule has 0 aromatic rings. The first-order chi connectivity index (χ1) is 6.15. The average molecular weight is 187 g/mol. The summed E-state index contributed by atoms with van der Waals surface area (Å²) in [6.45, 7) is 3.74. The first kappa shape index (κ1) is 11.9. The van der Waals surface area contributed by atoms with E-state index in [1.165, 1.54) is 7.11 Å². The molecule has 4 heteroatoms. The van der Waals surface area contributed by atoms with Crippen molar-refractivity contribution in [2.45, 2.75) is 39.2 Å². The van der Waals surface area contributed by atoms with Crippen LogP contribution in [0.3, 0.4) is 0 Å². The Labute approximate surface area is 78.6 Å². The maximum atomic E-state index is 11.1. The zero-order valence-electron chi connectivity index (χ0n) is 8.42. The van der Waals surface area contributed by atoms with Gasteiger partial charge in [-0.3, -0.25) is 4.79 Å². The lowest BCUT2D eigenvalue weighted by Crippen LogP contribution is -2.40. The highest BCUT2D eigenvalue weighted by atomic mass is 16.5. The maximum Gasteiger partial charge on any atom is 0.328 e. The van der Waals surface area contributed by atoms with Gasteiger partial charge in [-0.05, 0) is 12.8 Å². The Balaban J connectivity index is 3.97. The van der Waals surface area contributed by atoms with Gasteiger partial charge in [-0.15, -0.1) is 0 Å². The van der Waals surface area contributed by atoms with E-state index in [1.807, 2.05) is 13.8 Å². The Morgan fingerprint density at radius 3 is 2.38 bits per heavy atom. The second kappa shape index (κ2) is 6.46. The minimum atomic E-state index is -0.496. The molecule has 0 radical (unpaired) electrons. The van der Waals surface area contributed by atoms with E-state index in [0.29, 0.717) is 12.8 Å². The second-order valence-corrected chi connectivity index (χ2v) is 2.80. The van der Waals surface area contributed by atoms with Crippen molar-refractivity contribution in [2.75, 3.05) is 7.11 Å². The Bertz CT molecular complexity index is 180. The van der Waals surface area contributed by atoms with Gasteiger partial charge in [0.25, 0.3) is 0 Å². The number of nitrogens with one attached hydrogen (secondary N) is 1. The lowest BCUT2D eigenvalue weighted by Gasteiger charge is -2.13. The fourth-order valence-electron chi connectivity index (χ4n) is 0.963. The van der Waals surface area contributed by atoms with Crippen molar-refractivity contribution in [3.8, 4) is 0 Å². The van der Waals surface area contributed by atoms with Crippen LogP contribution in [0.4, 0.5) is 0 Å². The predicted molar refractivity (Wildman–Crippen MR) is 49.1 cm³/mol. The molecule has 76 valence electrons. The minimum Gasteiger partial charge on any atom is -0.467 e. The Morgan fingerprint density at radius 2 is 2.00 bits per heavy atom. The smallest absolute Gasteiger partial charge is 0.328 e. The summed E-state index contributed by atoms with van der Waals surface area (Å²) in [7, 11) is 1.32. The third kappa shape index (κ3) is 4.50. The number of amides is 1. The normalized spacial score (nSPS) is 11.9. The van der Waals surface area contributed by atoms with Crippen molar-refractivity contribution in [1.82, 2.24) is 5.32 Å². The van der Waals surface area contributed by atoms with Gasteiger partial charge in [-0.1, -0.05) is 13.8 Å². The van der Waals surface area contributed by atoms with Gasteiger partial charge in [0.05, 0.1) is 7.11 Å². The predicted octanol–water partition coefficient (Wildman–Crippen LogP) is 0.854. The summed E-state index contributed by atoms with van der Waals surface area (Å²) in [6, 6.07) is -0.496. The third-order valence-corrected chi connectivity index (χ3v) is 1.71. The number of methoxy groups -OCH3 is 1. The molecule has 1 N–H and O–H groups in total. The van der Waals surface area contributed by atoms with E-state index in [4.69, 9.17) is 0 Å². The van der Waals surface area contributed by atoms with Crippen molar-refractivity contribution in [1.29, 1.82) is 0 Å². The van der Waals surface area contributed by atoms with Gasteiger partial charge in [0.2, 0.25) is 5.91 Å². The lowest BCUT2D eigenvalue weighted by atomic mass is 10.2. The molecule has 0 aromatic carbocycles. The zero-order valence-corrected chi connectivity index (χ0v) is 8.42. The molecule has 0 fully saturated rings. The monoisotopic (exact) mass is 187 g/mol. The minimum absolute atomic E-state index is 0.0975. The summed E-state index contributed by atoms with van der Waals surface area (Å²) in [6.07, 6.45) is 1.79. The van der Waals surface area contributed by atoms with Crippen LogP contribution in [0.25, 0.3) is 0 Å².